The van der Waals surface area contributed by atoms with E-state index < -0.39 is 11.9 Å². The number of thiophene rings is 1. The maximum absolute atomic E-state index is 13.6. The average molecular weight is 289 g/mol. The molecule has 3 rings (SSSR count). The van der Waals surface area contributed by atoms with Crippen LogP contribution in [-0.4, -0.2) is 10.1 Å². The van der Waals surface area contributed by atoms with E-state index in [-0.39, 0.29) is 5.75 Å². The molecule has 2 heterocycles. The summed E-state index contributed by atoms with van der Waals surface area (Å²) in [4.78, 5) is 5.04. The van der Waals surface area contributed by atoms with Crippen molar-refractivity contribution < 1.29 is 14.2 Å². The fourth-order valence-corrected chi connectivity index (χ4v) is 2.87. The zero-order valence-corrected chi connectivity index (χ0v) is 11.5. The van der Waals surface area contributed by atoms with Crippen molar-refractivity contribution in [2.24, 2.45) is 0 Å². The van der Waals surface area contributed by atoms with Crippen LogP contribution in [0.25, 0.3) is 10.2 Å². The monoisotopic (exact) mass is 289 g/mol. The third kappa shape index (κ3) is 2.37. The number of ether oxygens (including phenoxy) is 1. The van der Waals surface area contributed by atoms with E-state index in [1.165, 1.54) is 17.4 Å². The second-order valence-corrected chi connectivity index (χ2v) is 5.46. The summed E-state index contributed by atoms with van der Waals surface area (Å²) < 4.78 is 20.1. The van der Waals surface area contributed by atoms with Gasteiger partial charge in [0.05, 0.1) is 16.3 Å². The minimum atomic E-state index is -0.560. The lowest BCUT2D eigenvalue weighted by Gasteiger charge is -2.06. The van der Waals surface area contributed by atoms with Crippen molar-refractivity contribution in [3.8, 4) is 11.5 Å². The highest BCUT2D eigenvalue weighted by Gasteiger charge is 2.13. The van der Waals surface area contributed by atoms with Gasteiger partial charge in [-0.05, 0) is 25.1 Å². The first-order valence-corrected chi connectivity index (χ1v) is 6.95. The molecular formula is C15H12FNO2S. The van der Waals surface area contributed by atoms with E-state index in [9.17, 15) is 9.50 Å². The quantitative estimate of drug-likeness (QED) is 0.782. The Morgan fingerprint density at radius 2 is 2.05 bits per heavy atom. The summed E-state index contributed by atoms with van der Waals surface area (Å²) in [7, 11) is 0. The van der Waals surface area contributed by atoms with Crippen molar-refractivity contribution in [3.05, 3.63) is 53.3 Å². The highest BCUT2D eigenvalue weighted by atomic mass is 32.1. The highest BCUT2D eigenvalue weighted by Crippen LogP contribution is 2.37. The van der Waals surface area contributed by atoms with E-state index in [0.29, 0.717) is 5.75 Å². The third-order valence-electron chi connectivity index (χ3n) is 2.86. The second-order valence-electron chi connectivity index (χ2n) is 4.38. The molecule has 0 radical (unpaired) electrons. The Hall–Kier alpha value is -1.98. The van der Waals surface area contributed by atoms with Gasteiger partial charge in [0.25, 0.3) is 0 Å². The Morgan fingerprint density at radius 1 is 1.25 bits per heavy atom. The summed E-state index contributed by atoms with van der Waals surface area (Å²) in [6.45, 7) is 1.70. The number of benzene rings is 1. The second kappa shape index (κ2) is 5.19. The number of aliphatic hydroxyl groups excluding tert-OH is 1. The molecule has 1 aromatic carbocycles. The molecule has 3 aromatic rings. The molecule has 5 heteroatoms. The third-order valence-corrected chi connectivity index (χ3v) is 4.17. The minimum absolute atomic E-state index is 0.173. The Balaban J connectivity index is 2.05. The van der Waals surface area contributed by atoms with Crippen LogP contribution in [-0.2, 0) is 0 Å². The Bertz CT molecular complexity index is 754. The van der Waals surface area contributed by atoms with Gasteiger partial charge in [0.15, 0.2) is 11.6 Å². The summed E-state index contributed by atoms with van der Waals surface area (Å²) in [5.74, 6) is 0.300. The molecule has 1 unspecified atom stereocenters. The average Bonchev–Trinajstić information content (AvgIpc) is 2.86. The van der Waals surface area contributed by atoms with Crippen LogP contribution in [0.4, 0.5) is 4.39 Å². The molecule has 0 spiro atoms. The zero-order valence-electron chi connectivity index (χ0n) is 10.7. The summed E-state index contributed by atoms with van der Waals surface area (Å²) in [6.07, 6.45) is 1.05. The van der Waals surface area contributed by atoms with Gasteiger partial charge >= 0.3 is 0 Å². The van der Waals surface area contributed by atoms with Crippen molar-refractivity contribution in [1.82, 2.24) is 4.98 Å². The summed E-state index contributed by atoms with van der Waals surface area (Å²) in [5, 5.41) is 9.63. The standard InChI is InChI=1S/C15H12FNO2S/c1-9(18)14-8-11-15(20-14)13(6-7-17-11)19-12-5-3-2-4-10(12)16/h2-9,18H,1H3. The molecule has 0 fully saturated rings. The number of rotatable bonds is 3. The molecule has 0 aliphatic carbocycles. The Morgan fingerprint density at radius 3 is 2.80 bits per heavy atom. The molecule has 0 aliphatic rings. The van der Waals surface area contributed by atoms with Crippen LogP contribution in [0.5, 0.6) is 11.5 Å². The fraction of sp³-hybridized carbons (Fsp3) is 0.133. The smallest absolute Gasteiger partial charge is 0.165 e. The van der Waals surface area contributed by atoms with Gasteiger partial charge in [-0.2, -0.15) is 0 Å². The van der Waals surface area contributed by atoms with E-state index in [4.69, 9.17) is 4.74 Å². The van der Waals surface area contributed by atoms with E-state index in [2.05, 4.69) is 4.98 Å². The van der Waals surface area contributed by atoms with Crippen LogP contribution in [0.1, 0.15) is 17.9 Å². The number of pyridine rings is 1. The van der Waals surface area contributed by atoms with Crippen LogP contribution in [0.2, 0.25) is 0 Å². The fourth-order valence-electron chi connectivity index (χ4n) is 1.87. The van der Waals surface area contributed by atoms with Gasteiger partial charge in [-0.15, -0.1) is 11.3 Å². The molecule has 0 amide bonds. The number of aliphatic hydroxyl groups is 1. The molecule has 1 atom stereocenters. The maximum atomic E-state index is 13.6. The molecule has 2 aromatic heterocycles. The van der Waals surface area contributed by atoms with Gasteiger partial charge in [0, 0.05) is 17.1 Å². The van der Waals surface area contributed by atoms with Gasteiger partial charge in [-0.3, -0.25) is 4.98 Å². The van der Waals surface area contributed by atoms with E-state index in [1.807, 2.05) is 6.07 Å². The van der Waals surface area contributed by atoms with Crippen LogP contribution in [0.3, 0.4) is 0 Å². The van der Waals surface area contributed by atoms with Gasteiger partial charge in [0.2, 0.25) is 0 Å². The highest BCUT2D eigenvalue weighted by molar-refractivity contribution is 7.19. The van der Waals surface area contributed by atoms with E-state index >= 15 is 0 Å². The molecule has 0 aliphatic heterocycles. The molecule has 1 N–H and O–H groups in total. The van der Waals surface area contributed by atoms with Gasteiger partial charge in [0.1, 0.15) is 5.75 Å². The van der Waals surface area contributed by atoms with Crippen LogP contribution >= 0.6 is 11.3 Å². The summed E-state index contributed by atoms with van der Waals surface area (Å²) >= 11 is 1.40. The molecular weight excluding hydrogens is 277 g/mol. The van der Waals surface area contributed by atoms with Crippen molar-refractivity contribution >= 4 is 21.6 Å². The largest absolute Gasteiger partial charge is 0.453 e. The van der Waals surface area contributed by atoms with Crippen molar-refractivity contribution in [2.75, 3.05) is 0 Å². The van der Waals surface area contributed by atoms with Gasteiger partial charge < -0.3 is 9.84 Å². The zero-order chi connectivity index (χ0) is 14.1. The Labute approximate surface area is 119 Å². The first-order valence-electron chi connectivity index (χ1n) is 6.14. The predicted octanol–water partition coefficient (Wildman–Crippen LogP) is 4.28. The number of fused-ring (bicyclic) bond motifs is 1. The molecule has 0 saturated heterocycles. The first-order chi connectivity index (χ1) is 9.65. The normalized spacial score (nSPS) is 12.6. The number of para-hydroxylation sites is 1. The van der Waals surface area contributed by atoms with Crippen LogP contribution < -0.4 is 4.74 Å². The van der Waals surface area contributed by atoms with Crippen molar-refractivity contribution in [1.29, 1.82) is 0 Å². The van der Waals surface area contributed by atoms with Crippen LogP contribution in [0.15, 0.2) is 42.6 Å². The molecule has 3 nitrogen and oxygen atoms in total. The lowest BCUT2D eigenvalue weighted by Crippen LogP contribution is -1.88. The minimum Gasteiger partial charge on any atom is -0.453 e. The van der Waals surface area contributed by atoms with Crippen molar-refractivity contribution in [3.63, 3.8) is 0 Å². The lowest BCUT2D eigenvalue weighted by molar-refractivity contribution is 0.203. The van der Waals surface area contributed by atoms with Crippen molar-refractivity contribution in [2.45, 2.75) is 13.0 Å². The van der Waals surface area contributed by atoms with Gasteiger partial charge in [-0.1, -0.05) is 12.1 Å². The van der Waals surface area contributed by atoms with Gasteiger partial charge in [-0.25, -0.2) is 4.39 Å². The molecule has 0 saturated carbocycles. The Kier molecular flexibility index (Phi) is 3.38. The molecule has 0 bridgehead atoms. The number of hydrogen-bond acceptors (Lipinski definition) is 4. The SMILES string of the molecule is CC(O)c1cc2nccc(Oc3ccccc3F)c2s1. The first kappa shape index (κ1) is 13.0. The molecule has 20 heavy (non-hydrogen) atoms. The van der Waals surface area contributed by atoms with E-state index in [1.54, 1.807) is 37.4 Å². The predicted molar refractivity (Wildman–Crippen MR) is 76.7 cm³/mol. The summed E-state index contributed by atoms with van der Waals surface area (Å²) in [6, 6.07) is 9.76. The van der Waals surface area contributed by atoms with Crippen LogP contribution in [0, 0.1) is 5.82 Å². The molecule has 102 valence electrons. The lowest BCUT2D eigenvalue weighted by atomic mass is 10.3. The summed E-state index contributed by atoms with van der Waals surface area (Å²) in [5.41, 5.74) is 0.736. The van der Waals surface area contributed by atoms with E-state index in [0.717, 1.165) is 15.1 Å². The number of aromatic nitrogens is 1. The maximum Gasteiger partial charge on any atom is 0.165 e. The number of halogens is 1. The topological polar surface area (TPSA) is 42.4 Å². The number of nitrogens with zero attached hydrogens (tertiary/aromatic N) is 1. The number of hydrogen-bond donors (Lipinski definition) is 1.